The molecule has 0 aromatic heterocycles. The van der Waals surface area contributed by atoms with Gasteiger partial charge in [-0.05, 0) is 5.56 Å². The lowest BCUT2D eigenvalue weighted by Crippen LogP contribution is -2.10. The highest BCUT2D eigenvalue weighted by Crippen LogP contribution is 1.97. The first-order chi connectivity index (χ1) is 8.24. The molecule has 0 aliphatic heterocycles. The SMILES string of the molecule is C=Cc1ccccc1.N=C(N)c1ccccc1. The lowest BCUT2D eigenvalue weighted by molar-refractivity contribution is 1.42. The molecule has 2 nitrogen and oxygen atoms in total. The van der Waals surface area contributed by atoms with E-state index in [-0.39, 0.29) is 5.84 Å². The van der Waals surface area contributed by atoms with Crippen molar-refractivity contribution in [1.82, 2.24) is 0 Å². The minimum Gasteiger partial charge on any atom is -0.384 e. The van der Waals surface area contributed by atoms with Gasteiger partial charge in [0, 0.05) is 5.56 Å². The second-order valence-electron chi connectivity index (χ2n) is 3.39. The molecule has 0 bridgehead atoms. The zero-order chi connectivity index (χ0) is 12.5. The minimum absolute atomic E-state index is 0.121. The molecule has 0 saturated heterocycles. The van der Waals surface area contributed by atoms with Gasteiger partial charge in [-0.15, -0.1) is 0 Å². The number of rotatable bonds is 2. The molecule has 0 fully saturated rings. The summed E-state index contributed by atoms with van der Waals surface area (Å²) < 4.78 is 0. The van der Waals surface area contributed by atoms with Gasteiger partial charge in [0.15, 0.2) is 0 Å². The first kappa shape index (κ1) is 12.7. The van der Waals surface area contributed by atoms with E-state index in [4.69, 9.17) is 11.1 Å². The zero-order valence-electron chi connectivity index (χ0n) is 9.64. The van der Waals surface area contributed by atoms with Gasteiger partial charge in [0.05, 0.1) is 0 Å². The van der Waals surface area contributed by atoms with Crippen molar-refractivity contribution < 1.29 is 0 Å². The first-order valence-electron chi connectivity index (χ1n) is 5.31. The Morgan fingerprint density at radius 3 is 1.71 bits per heavy atom. The fourth-order valence-electron chi connectivity index (χ4n) is 1.21. The van der Waals surface area contributed by atoms with Crippen LogP contribution < -0.4 is 5.73 Å². The van der Waals surface area contributed by atoms with Crippen LogP contribution in [-0.4, -0.2) is 5.84 Å². The molecule has 0 radical (unpaired) electrons. The van der Waals surface area contributed by atoms with Crippen molar-refractivity contribution in [3.63, 3.8) is 0 Å². The van der Waals surface area contributed by atoms with E-state index in [1.165, 1.54) is 5.56 Å². The van der Waals surface area contributed by atoms with E-state index in [1.54, 1.807) is 0 Å². The summed E-state index contributed by atoms with van der Waals surface area (Å²) in [5.41, 5.74) is 7.15. The Hall–Kier alpha value is -2.35. The topological polar surface area (TPSA) is 49.9 Å². The molecule has 2 aromatic carbocycles. The van der Waals surface area contributed by atoms with Gasteiger partial charge in [0.25, 0.3) is 0 Å². The van der Waals surface area contributed by atoms with Gasteiger partial charge in [-0.3, -0.25) is 5.41 Å². The van der Waals surface area contributed by atoms with Crippen LogP contribution in [0.15, 0.2) is 67.2 Å². The predicted molar refractivity (Wildman–Crippen MR) is 74.0 cm³/mol. The average molecular weight is 224 g/mol. The van der Waals surface area contributed by atoms with E-state index >= 15 is 0 Å². The third kappa shape index (κ3) is 4.80. The summed E-state index contributed by atoms with van der Waals surface area (Å²) in [7, 11) is 0. The summed E-state index contributed by atoms with van der Waals surface area (Å²) in [4.78, 5) is 0. The maximum absolute atomic E-state index is 7.01. The van der Waals surface area contributed by atoms with Crippen molar-refractivity contribution >= 4 is 11.9 Å². The third-order valence-electron chi connectivity index (χ3n) is 2.12. The third-order valence-corrected chi connectivity index (χ3v) is 2.12. The molecule has 0 atom stereocenters. The lowest BCUT2D eigenvalue weighted by Gasteiger charge is -1.93. The summed E-state index contributed by atoms with van der Waals surface area (Å²) in [5, 5.41) is 7.01. The van der Waals surface area contributed by atoms with Crippen molar-refractivity contribution in [3.8, 4) is 0 Å². The summed E-state index contributed by atoms with van der Waals surface area (Å²) >= 11 is 0. The molecular weight excluding hydrogens is 208 g/mol. The van der Waals surface area contributed by atoms with Crippen LogP contribution in [0.25, 0.3) is 6.08 Å². The molecule has 0 amide bonds. The first-order valence-corrected chi connectivity index (χ1v) is 5.31. The number of benzene rings is 2. The minimum atomic E-state index is 0.121. The molecule has 0 heterocycles. The van der Waals surface area contributed by atoms with Crippen molar-refractivity contribution in [2.45, 2.75) is 0 Å². The fourth-order valence-corrected chi connectivity index (χ4v) is 1.21. The lowest BCUT2D eigenvalue weighted by atomic mass is 10.2. The number of nitrogens with two attached hydrogens (primary N) is 1. The molecule has 86 valence electrons. The molecule has 0 saturated carbocycles. The molecule has 3 N–H and O–H groups in total. The number of nitrogens with one attached hydrogen (secondary N) is 1. The zero-order valence-corrected chi connectivity index (χ0v) is 9.64. The molecule has 2 rings (SSSR count). The van der Waals surface area contributed by atoms with Crippen molar-refractivity contribution in [2.24, 2.45) is 5.73 Å². The Morgan fingerprint density at radius 2 is 1.41 bits per heavy atom. The van der Waals surface area contributed by atoms with Crippen LogP contribution in [0.4, 0.5) is 0 Å². The Labute approximate surface area is 102 Å². The van der Waals surface area contributed by atoms with E-state index in [0.29, 0.717) is 0 Å². The maximum Gasteiger partial charge on any atom is 0.122 e. The van der Waals surface area contributed by atoms with Gasteiger partial charge in [0.2, 0.25) is 0 Å². The smallest absolute Gasteiger partial charge is 0.122 e. The molecule has 0 unspecified atom stereocenters. The van der Waals surface area contributed by atoms with Gasteiger partial charge < -0.3 is 5.73 Å². The van der Waals surface area contributed by atoms with Crippen LogP contribution in [0.1, 0.15) is 11.1 Å². The standard InChI is InChI=1S/C8H8.C7H8N2/c1-2-8-6-4-3-5-7-8;8-7(9)6-4-2-1-3-5-6/h2-7H,1H2;1-5H,(H3,8,9). The van der Waals surface area contributed by atoms with Crippen molar-refractivity contribution in [2.75, 3.05) is 0 Å². The summed E-state index contributed by atoms with van der Waals surface area (Å²) in [5.74, 6) is 0.121. The van der Waals surface area contributed by atoms with Gasteiger partial charge >= 0.3 is 0 Å². The predicted octanol–water partition coefficient (Wildman–Crippen LogP) is 3.30. The summed E-state index contributed by atoms with van der Waals surface area (Å²) in [6, 6.07) is 19.3. The molecular formula is C15H16N2. The Bertz CT molecular complexity index is 461. The Morgan fingerprint density at radius 1 is 0.941 bits per heavy atom. The second kappa shape index (κ2) is 7.01. The van der Waals surface area contributed by atoms with Gasteiger partial charge in [-0.1, -0.05) is 73.3 Å². The van der Waals surface area contributed by atoms with Crippen LogP contribution in [-0.2, 0) is 0 Å². The number of hydrogen-bond acceptors (Lipinski definition) is 1. The summed E-state index contributed by atoms with van der Waals surface area (Å²) in [6.45, 7) is 3.63. The van der Waals surface area contributed by atoms with Gasteiger partial charge in [-0.25, -0.2) is 0 Å². The maximum atomic E-state index is 7.01. The molecule has 2 aromatic rings. The molecule has 0 aliphatic rings. The molecule has 0 spiro atoms. The highest BCUT2D eigenvalue weighted by molar-refractivity contribution is 5.94. The summed E-state index contributed by atoms with van der Waals surface area (Å²) in [6.07, 6.45) is 1.83. The van der Waals surface area contributed by atoms with Crippen LogP contribution in [0.3, 0.4) is 0 Å². The Kier molecular flexibility index (Phi) is 5.25. The quantitative estimate of drug-likeness (QED) is 0.596. The van der Waals surface area contributed by atoms with Crippen LogP contribution in [0.5, 0.6) is 0 Å². The number of nitrogen functional groups attached to an aromatic ring is 1. The fraction of sp³-hybridized carbons (Fsp3) is 0. The average Bonchev–Trinajstić information content (AvgIpc) is 2.41. The van der Waals surface area contributed by atoms with E-state index in [2.05, 4.69) is 6.58 Å². The largest absolute Gasteiger partial charge is 0.384 e. The highest BCUT2D eigenvalue weighted by atomic mass is 14.7. The van der Waals surface area contributed by atoms with Crippen molar-refractivity contribution in [3.05, 3.63) is 78.4 Å². The molecule has 2 heteroatoms. The molecule has 0 aliphatic carbocycles. The van der Waals surface area contributed by atoms with E-state index < -0.39 is 0 Å². The Balaban J connectivity index is 0.000000171. The molecule has 17 heavy (non-hydrogen) atoms. The van der Waals surface area contributed by atoms with Crippen LogP contribution in [0.2, 0.25) is 0 Å². The normalized spacial score (nSPS) is 8.71. The van der Waals surface area contributed by atoms with Crippen LogP contribution >= 0.6 is 0 Å². The number of hydrogen-bond donors (Lipinski definition) is 2. The van der Waals surface area contributed by atoms with E-state index in [0.717, 1.165) is 5.56 Å². The second-order valence-corrected chi connectivity index (χ2v) is 3.39. The highest BCUT2D eigenvalue weighted by Gasteiger charge is 1.89. The van der Waals surface area contributed by atoms with Crippen LogP contribution in [0, 0.1) is 5.41 Å². The monoisotopic (exact) mass is 224 g/mol. The number of amidine groups is 1. The van der Waals surface area contributed by atoms with E-state index in [1.807, 2.05) is 66.7 Å². The van der Waals surface area contributed by atoms with E-state index in [9.17, 15) is 0 Å². The van der Waals surface area contributed by atoms with Crippen molar-refractivity contribution in [1.29, 1.82) is 5.41 Å². The van der Waals surface area contributed by atoms with Gasteiger partial charge in [-0.2, -0.15) is 0 Å². The van der Waals surface area contributed by atoms with Gasteiger partial charge in [0.1, 0.15) is 5.84 Å².